The number of nitrogens with zero attached hydrogens (tertiary/aromatic N) is 3. The number of hydrogen-bond acceptors (Lipinski definition) is 5. The highest BCUT2D eigenvalue weighted by molar-refractivity contribution is 6.04. The molecule has 30 heavy (non-hydrogen) atoms. The summed E-state index contributed by atoms with van der Waals surface area (Å²) in [6.07, 6.45) is 4.76. The lowest BCUT2D eigenvalue weighted by Gasteiger charge is -2.32. The van der Waals surface area contributed by atoms with Crippen molar-refractivity contribution in [3.8, 4) is 0 Å². The molecule has 2 saturated heterocycles. The Balaban J connectivity index is 1.38. The second kappa shape index (κ2) is 8.52. The Labute approximate surface area is 175 Å². The zero-order chi connectivity index (χ0) is 21.1. The number of primary amides is 1. The van der Waals surface area contributed by atoms with Gasteiger partial charge in [0.05, 0.1) is 17.8 Å². The first-order valence-corrected chi connectivity index (χ1v) is 10.2. The van der Waals surface area contributed by atoms with Crippen molar-refractivity contribution < 1.29 is 14.4 Å². The summed E-state index contributed by atoms with van der Waals surface area (Å²) < 4.78 is 0. The number of benzene rings is 1. The summed E-state index contributed by atoms with van der Waals surface area (Å²) in [7, 11) is 0. The third-order valence-electron chi connectivity index (χ3n) is 5.67. The normalized spacial score (nSPS) is 19.1. The van der Waals surface area contributed by atoms with Crippen LogP contribution in [-0.4, -0.2) is 42.3 Å². The lowest BCUT2D eigenvalue weighted by Crippen LogP contribution is -2.41. The van der Waals surface area contributed by atoms with Gasteiger partial charge in [-0.25, -0.2) is 4.98 Å². The zero-order valence-corrected chi connectivity index (χ0v) is 16.7. The van der Waals surface area contributed by atoms with Gasteiger partial charge in [-0.15, -0.1) is 0 Å². The van der Waals surface area contributed by atoms with Crippen LogP contribution in [0.1, 0.15) is 36.0 Å². The van der Waals surface area contributed by atoms with E-state index < -0.39 is 0 Å². The van der Waals surface area contributed by atoms with Gasteiger partial charge < -0.3 is 20.9 Å². The Morgan fingerprint density at radius 1 is 1.07 bits per heavy atom. The minimum Gasteiger partial charge on any atom is -0.369 e. The van der Waals surface area contributed by atoms with Crippen LogP contribution in [0.4, 0.5) is 17.2 Å². The highest BCUT2D eigenvalue weighted by Crippen LogP contribution is 2.24. The Morgan fingerprint density at radius 3 is 2.50 bits per heavy atom. The molecular weight excluding hydrogens is 382 g/mol. The lowest BCUT2D eigenvalue weighted by molar-refractivity contribution is -0.122. The van der Waals surface area contributed by atoms with E-state index in [-0.39, 0.29) is 23.6 Å². The molecule has 8 nitrogen and oxygen atoms in total. The van der Waals surface area contributed by atoms with E-state index in [1.807, 2.05) is 11.0 Å². The topological polar surface area (TPSA) is 109 Å². The number of anilines is 3. The van der Waals surface area contributed by atoms with Crippen LogP contribution >= 0.6 is 0 Å². The van der Waals surface area contributed by atoms with Crippen molar-refractivity contribution in [2.75, 3.05) is 34.8 Å². The second-order valence-corrected chi connectivity index (χ2v) is 7.74. The molecule has 1 aromatic heterocycles. The Bertz CT molecular complexity index is 942. The number of amides is 3. The maximum atomic E-state index is 12.5. The van der Waals surface area contributed by atoms with Crippen molar-refractivity contribution in [2.24, 2.45) is 11.7 Å². The van der Waals surface area contributed by atoms with E-state index in [0.29, 0.717) is 24.2 Å². The highest BCUT2D eigenvalue weighted by atomic mass is 16.2. The largest absolute Gasteiger partial charge is 0.369 e. The first kappa shape index (κ1) is 19.9. The first-order chi connectivity index (χ1) is 14.5. The maximum Gasteiger partial charge on any atom is 0.255 e. The predicted octanol–water partition coefficient (Wildman–Crippen LogP) is 2.16. The number of hydrogen-bond donors (Lipinski definition) is 2. The number of pyridine rings is 1. The van der Waals surface area contributed by atoms with E-state index in [9.17, 15) is 14.4 Å². The molecule has 3 N–H and O–H groups in total. The molecular formula is C22H25N5O3. The Morgan fingerprint density at radius 2 is 1.87 bits per heavy atom. The van der Waals surface area contributed by atoms with Gasteiger partial charge in [-0.3, -0.25) is 14.4 Å². The fourth-order valence-corrected chi connectivity index (χ4v) is 3.98. The number of nitrogens with one attached hydrogen (secondary N) is 1. The molecule has 156 valence electrons. The van der Waals surface area contributed by atoms with Crippen molar-refractivity contribution in [2.45, 2.75) is 25.7 Å². The minimum absolute atomic E-state index is 0.120. The molecule has 0 aliphatic carbocycles. The minimum atomic E-state index is -0.274. The Kier molecular flexibility index (Phi) is 5.65. The van der Waals surface area contributed by atoms with Crippen LogP contribution in [-0.2, 0) is 9.59 Å². The van der Waals surface area contributed by atoms with Gasteiger partial charge in [0.2, 0.25) is 11.8 Å². The van der Waals surface area contributed by atoms with Gasteiger partial charge in [0.25, 0.3) is 5.91 Å². The van der Waals surface area contributed by atoms with E-state index in [1.54, 1.807) is 41.4 Å². The molecule has 0 bridgehead atoms. The lowest BCUT2D eigenvalue weighted by atomic mass is 9.97. The number of rotatable bonds is 5. The van der Waals surface area contributed by atoms with E-state index >= 15 is 0 Å². The highest BCUT2D eigenvalue weighted by Gasteiger charge is 2.25. The fourth-order valence-electron chi connectivity index (χ4n) is 3.98. The van der Waals surface area contributed by atoms with E-state index in [2.05, 4.69) is 10.3 Å². The van der Waals surface area contributed by atoms with Gasteiger partial charge >= 0.3 is 0 Å². The average Bonchev–Trinajstić information content (AvgIpc) is 3.20. The van der Waals surface area contributed by atoms with E-state index in [4.69, 9.17) is 5.73 Å². The van der Waals surface area contributed by atoms with Crippen molar-refractivity contribution >= 4 is 34.9 Å². The van der Waals surface area contributed by atoms with Gasteiger partial charge in [-0.05, 0) is 55.7 Å². The number of carbonyl (C=O) groups excluding carboxylic acids is 3. The molecule has 0 saturated carbocycles. The standard InChI is InChI=1S/C22H25N5O3/c23-21(29)16-3-1-11-26(14-16)19-10-7-17(13-24-19)25-22(30)15-5-8-18(9-6-15)27-12-2-4-20(27)28/h5-10,13,16H,1-4,11-12,14H2,(H2,23,29)(H,25,30). The summed E-state index contributed by atoms with van der Waals surface area (Å²) in [6, 6.07) is 10.7. The van der Waals surface area contributed by atoms with Crippen LogP contribution in [0.25, 0.3) is 0 Å². The summed E-state index contributed by atoms with van der Waals surface area (Å²) in [6.45, 7) is 2.12. The van der Waals surface area contributed by atoms with Gasteiger partial charge in [-0.1, -0.05) is 0 Å². The predicted molar refractivity (Wildman–Crippen MR) is 114 cm³/mol. The SMILES string of the molecule is NC(=O)C1CCCN(c2ccc(NC(=O)c3ccc(N4CCCC4=O)cc3)cn2)C1. The summed E-state index contributed by atoms with van der Waals surface area (Å²) in [5.41, 5.74) is 7.35. The molecule has 1 aromatic carbocycles. The smallest absolute Gasteiger partial charge is 0.255 e. The quantitative estimate of drug-likeness (QED) is 0.790. The molecule has 2 aromatic rings. The number of piperidine rings is 1. The van der Waals surface area contributed by atoms with Crippen molar-refractivity contribution in [1.82, 2.24) is 4.98 Å². The summed E-state index contributed by atoms with van der Waals surface area (Å²) in [5, 5.41) is 2.84. The summed E-state index contributed by atoms with van der Waals surface area (Å²) in [4.78, 5) is 44.1. The van der Waals surface area contributed by atoms with E-state index in [0.717, 1.165) is 43.9 Å². The molecule has 1 unspecified atom stereocenters. The molecule has 0 radical (unpaired) electrons. The Hall–Kier alpha value is -3.42. The molecule has 2 fully saturated rings. The molecule has 0 spiro atoms. The molecule has 3 amide bonds. The molecule has 8 heteroatoms. The van der Waals surface area contributed by atoms with E-state index in [1.165, 1.54) is 0 Å². The monoisotopic (exact) mass is 407 g/mol. The number of nitrogens with two attached hydrogens (primary N) is 1. The van der Waals surface area contributed by atoms with Gasteiger partial charge in [0.15, 0.2) is 0 Å². The fraction of sp³-hybridized carbons (Fsp3) is 0.364. The molecule has 4 rings (SSSR count). The zero-order valence-electron chi connectivity index (χ0n) is 16.7. The van der Waals surface area contributed by atoms with Crippen molar-refractivity contribution in [1.29, 1.82) is 0 Å². The number of aromatic nitrogens is 1. The van der Waals surface area contributed by atoms with Crippen molar-refractivity contribution in [3.05, 3.63) is 48.2 Å². The molecule has 3 heterocycles. The van der Waals surface area contributed by atoms with Crippen LogP contribution in [0, 0.1) is 5.92 Å². The maximum absolute atomic E-state index is 12.5. The van der Waals surface area contributed by atoms with Gasteiger partial charge in [-0.2, -0.15) is 0 Å². The van der Waals surface area contributed by atoms with Crippen LogP contribution in [0.5, 0.6) is 0 Å². The third-order valence-corrected chi connectivity index (χ3v) is 5.67. The summed E-state index contributed by atoms with van der Waals surface area (Å²) in [5.74, 6) is 0.214. The number of carbonyl (C=O) groups is 3. The molecule has 1 atom stereocenters. The van der Waals surface area contributed by atoms with Gasteiger partial charge in [0.1, 0.15) is 5.82 Å². The van der Waals surface area contributed by atoms with Gasteiger partial charge in [0, 0.05) is 37.3 Å². The van der Waals surface area contributed by atoms with Crippen LogP contribution in [0.15, 0.2) is 42.6 Å². The second-order valence-electron chi connectivity index (χ2n) is 7.74. The first-order valence-electron chi connectivity index (χ1n) is 10.2. The van der Waals surface area contributed by atoms with Crippen LogP contribution < -0.4 is 20.9 Å². The molecule has 2 aliphatic heterocycles. The van der Waals surface area contributed by atoms with Crippen LogP contribution in [0.2, 0.25) is 0 Å². The average molecular weight is 407 g/mol. The molecule has 2 aliphatic rings. The van der Waals surface area contributed by atoms with Crippen molar-refractivity contribution in [3.63, 3.8) is 0 Å². The van der Waals surface area contributed by atoms with Crippen LogP contribution in [0.3, 0.4) is 0 Å². The third kappa shape index (κ3) is 4.27. The summed E-state index contributed by atoms with van der Waals surface area (Å²) >= 11 is 0.